The van der Waals surface area contributed by atoms with Crippen LogP contribution in [0.1, 0.15) is 20.3 Å². The van der Waals surface area contributed by atoms with Crippen LogP contribution in [-0.2, 0) is 4.74 Å². The molecule has 1 saturated heterocycles. The molecule has 2 unspecified atom stereocenters. The number of hydrogen-bond donors (Lipinski definition) is 2. The monoisotopic (exact) mass is 300 g/mol. The standard InChI is InChI=1S/C13H21ClN4O2/c1-3-4-15-13-16-5-11(14)12(17-13)18-6-10(7-19)20-8-9(18)2/h5,9-10,19H,3-4,6-8H2,1-2H3,(H,15,16,17). The van der Waals surface area contributed by atoms with E-state index >= 15 is 0 Å². The van der Waals surface area contributed by atoms with E-state index in [0.29, 0.717) is 29.9 Å². The lowest BCUT2D eigenvalue weighted by Crippen LogP contribution is -2.50. The van der Waals surface area contributed by atoms with Gasteiger partial charge in [-0.3, -0.25) is 0 Å². The van der Waals surface area contributed by atoms with Gasteiger partial charge in [-0.2, -0.15) is 4.98 Å². The molecule has 1 aromatic rings. The van der Waals surface area contributed by atoms with Crippen molar-refractivity contribution < 1.29 is 9.84 Å². The van der Waals surface area contributed by atoms with E-state index in [9.17, 15) is 5.11 Å². The Morgan fingerprint density at radius 1 is 1.60 bits per heavy atom. The van der Waals surface area contributed by atoms with Crippen LogP contribution < -0.4 is 10.2 Å². The number of halogens is 1. The lowest BCUT2D eigenvalue weighted by Gasteiger charge is -2.38. The molecule has 2 rings (SSSR count). The van der Waals surface area contributed by atoms with Gasteiger partial charge in [0.25, 0.3) is 0 Å². The van der Waals surface area contributed by atoms with Gasteiger partial charge in [-0.1, -0.05) is 18.5 Å². The number of aliphatic hydroxyl groups excluding tert-OH is 1. The summed E-state index contributed by atoms with van der Waals surface area (Å²) in [5, 5.41) is 12.9. The Bertz CT molecular complexity index is 446. The Hall–Kier alpha value is -1.11. The zero-order chi connectivity index (χ0) is 14.5. The number of ether oxygens (including phenoxy) is 1. The second-order valence-corrected chi connectivity index (χ2v) is 5.34. The predicted octanol–water partition coefficient (Wildman–Crippen LogP) is 1.54. The SMILES string of the molecule is CCCNc1ncc(Cl)c(N2CC(CO)OCC2C)n1. The molecule has 20 heavy (non-hydrogen) atoms. The summed E-state index contributed by atoms with van der Waals surface area (Å²) in [7, 11) is 0. The highest BCUT2D eigenvalue weighted by atomic mass is 35.5. The third kappa shape index (κ3) is 3.50. The van der Waals surface area contributed by atoms with Gasteiger partial charge in [0.15, 0.2) is 5.82 Å². The van der Waals surface area contributed by atoms with E-state index in [1.807, 2.05) is 6.92 Å². The Labute approximate surface area is 124 Å². The minimum absolute atomic E-state index is 0.00708. The van der Waals surface area contributed by atoms with E-state index in [4.69, 9.17) is 16.3 Å². The molecule has 1 aliphatic heterocycles. The maximum absolute atomic E-state index is 9.25. The van der Waals surface area contributed by atoms with Gasteiger partial charge < -0.3 is 20.1 Å². The molecule has 0 aromatic carbocycles. The summed E-state index contributed by atoms with van der Waals surface area (Å²) in [6, 6.07) is 0.157. The smallest absolute Gasteiger partial charge is 0.224 e. The molecule has 7 heteroatoms. The van der Waals surface area contributed by atoms with Crippen LogP contribution in [0.4, 0.5) is 11.8 Å². The summed E-state index contributed by atoms with van der Waals surface area (Å²) in [5.41, 5.74) is 0. The first kappa shape index (κ1) is 15.3. The van der Waals surface area contributed by atoms with Gasteiger partial charge >= 0.3 is 0 Å². The summed E-state index contributed by atoms with van der Waals surface area (Å²) in [5.74, 6) is 1.26. The zero-order valence-corrected chi connectivity index (χ0v) is 12.6. The molecule has 0 aliphatic carbocycles. The van der Waals surface area contributed by atoms with Crippen molar-refractivity contribution in [3.8, 4) is 0 Å². The van der Waals surface area contributed by atoms with Crippen molar-refractivity contribution in [3.05, 3.63) is 11.2 Å². The van der Waals surface area contributed by atoms with Gasteiger partial charge in [-0.25, -0.2) is 4.98 Å². The number of aliphatic hydroxyl groups is 1. The summed E-state index contributed by atoms with van der Waals surface area (Å²) in [6.07, 6.45) is 2.41. The third-order valence-electron chi connectivity index (χ3n) is 3.24. The molecular formula is C13H21ClN4O2. The fraction of sp³-hybridized carbons (Fsp3) is 0.692. The summed E-state index contributed by atoms with van der Waals surface area (Å²) < 4.78 is 5.53. The fourth-order valence-corrected chi connectivity index (χ4v) is 2.30. The molecule has 112 valence electrons. The third-order valence-corrected chi connectivity index (χ3v) is 3.51. The molecule has 0 saturated carbocycles. The van der Waals surface area contributed by atoms with Crippen molar-refractivity contribution in [2.45, 2.75) is 32.4 Å². The van der Waals surface area contributed by atoms with E-state index in [0.717, 1.165) is 13.0 Å². The van der Waals surface area contributed by atoms with Crippen LogP contribution in [0, 0.1) is 0 Å². The number of nitrogens with zero attached hydrogens (tertiary/aromatic N) is 3. The van der Waals surface area contributed by atoms with Crippen LogP contribution in [-0.4, -0.2) is 53.5 Å². The molecule has 0 bridgehead atoms. The lowest BCUT2D eigenvalue weighted by molar-refractivity contribution is -0.0105. The van der Waals surface area contributed by atoms with Crippen LogP contribution in [0.2, 0.25) is 5.02 Å². The predicted molar refractivity (Wildman–Crippen MR) is 79.5 cm³/mol. The van der Waals surface area contributed by atoms with Gasteiger partial charge in [0.1, 0.15) is 5.02 Å². The molecule has 2 heterocycles. The van der Waals surface area contributed by atoms with E-state index in [1.54, 1.807) is 6.20 Å². The van der Waals surface area contributed by atoms with E-state index < -0.39 is 0 Å². The molecule has 6 nitrogen and oxygen atoms in total. The quantitative estimate of drug-likeness (QED) is 0.859. The Morgan fingerprint density at radius 2 is 2.40 bits per heavy atom. The van der Waals surface area contributed by atoms with Gasteiger partial charge in [0, 0.05) is 13.1 Å². The molecule has 0 radical (unpaired) electrons. The molecule has 1 aromatic heterocycles. The largest absolute Gasteiger partial charge is 0.394 e. The minimum atomic E-state index is -0.204. The average Bonchev–Trinajstić information content (AvgIpc) is 2.47. The number of rotatable bonds is 5. The van der Waals surface area contributed by atoms with Crippen molar-refractivity contribution in [3.63, 3.8) is 0 Å². The van der Waals surface area contributed by atoms with E-state index in [-0.39, 0.29) is 18.8 Å². The first-order valence-corrected chi connectivity index (χ1v) is 7.29. The van der Waals surface area contributed by atoms with Gasteiger partial charge in [0.05, 0.1) is 31.6 Å². The Balaban J connectivity index is 2.20. The molecule has 2 N–H and O–H groups in total. The Kier molecular flexibility index (Phi) is 5.39. The molecule has 0 amide bonds. The molecule has 0 spiro atoms. The first-order chi connectivity index (χ1) is 9.65. The highest BCUT2D eigenvalue weighted by Gasteiger charge is 2.28. The second kappa shape index (κ2) is 7.06. The number of hydrogen-bond acceptors (Lipinski definition) is 6. The molecule has 1 fully saturated rings. The van der Waals surface area contributed by atoms with Crippen LogP contribution in [0.25, 0.3) is 0 Å². The highest BCUT2D eigenvalue weighted by Crippen LogP contribution is 2.27. The van der Waals surface area contributed by atoms with Crippen LogP contribution in [0.3, 0.4) is 0 Å². The fourth-order valence-electron chi connectivity index (χ4n) is 2.10. The lowest BCUT2D eigenvalue weighted by atomic mass is 10.2. The minimum Gasteiger partial charge on any atom is -0.394 e. The molecule has 2 atom stereocenters. The number of nitrogens with one attached hydrogen (secondary N) is 1. The maximum Gasteiger partial charge on any atom is 0.224 e. The molecule has 1 aliphatic rings. The summed E-state index contributed by atoms with van der Waals surface area (Å²) >= 11 is 6.22. The van der Waals surface area contributed by atoms with Crippen LogP contribution >= 0.6 is 11.6 Å². The number of anilines is 2. The van der Waals surface area contributed by atoms with E-state index in [1.165, 1.54) is 0 Å². The maximum atomic E-state index is 9.25. The summed E-state index contributed by atoms with van der Waals surface area (Å²) in [4.78, 5) is 10.7. The zero-order valence-electron chi connectivity index (χ0n) is 11.8. The van der Waals surface area contributed by atoms with Crippen LogP contribution in [0.5, 0.6) is 0 Å². The second-order valence-electron chi connectivity index (χ2n) is 4.93. The number of aromatic nitrogens is 2. The topological polar surface area (TPSA) is 70.5 Å². The summed E-state index contributed by atoms with van der Waals surface area (Å²) in [6.45, 7) is 6.06. The van der Waals surface area contributed by atoms with Crippen molar-refractivity contribution in [1.82, 2.24) is 9.97 Å². The van der Waals surface area contributed by atoms with Crippen molar-refractivity contribution in [1.29, 1.82) is 0 Å². The Morgan fingerprint density at radius 3 is 3.10 bits per heavy atom. The van der Waals surface area contributed by atoms with Crippen molar-refractivity contribution in [2.75, 3.05) is 36.5 Å². The van der Waals surface area contributed by atoms with Gasteiger partial charge in [-0.15, -0.1) is 0 Å². The highest BCUT2D eigenvalue weighted by molar-refractivity contribution is 6.32. The normalized spacial score (nSPS) is 22.9. The van der Waals surface area contributed by atoms with Crippen LogP contribution in [0.15, 0.2) is 6.20 Å². The van der Waals surface area contributed by atoms with Gasteiger partial charge in [0.2, 0.25) is 5.95 Å². The first-order valence-electron chi connectivity index (χ1n) is 6.91. The average molecular weight is 301 g/mol. The van der Waals surface area contributed by atoms with Crippen molar-refractivity contribution >= 4 is 23.4 Å². The van der Waals surface area contributed by atoms with Crippen molar-refractivity contribution in [2.24, 2.45) is 0 Å². The van der Waals surface area contributed by atoms with E-state index in [2.05, 4.69) is 27.1 Å². The number of morpholine rings is 1. The molecular weight excluding hydrogens is 280 g/mol. The van der Waals surface area contributed by atoms with Gasteiger partial charge in [-0.05, 0) is 13.3 Å².